The van der Waals surface area contributed by atoms with Gasteiger partial charge in [-0.25, -0.2) is 13.8 Å². The maximum absolute atomic E-state index is 14.1. The Morgan fingerprint density at radius 1 is 1.17 bits per heavy atom. The van der Waals surface area contributed by atoms with Crippen LogP contribution in [0, 0.1) is 11.6 Å². The molecule has 0 saturated heterocycles. The molecule has 1 aliphatic heterocycles. The highest BCUT2D eigenvalue weighted by Gasteiger charge is 2.24. The van der Waals surface area contributed by atoms with Crippen molar-refractivity contribution in [1.29, 1.82) is 0 Å². The zero-order chi connectivity index (χ0) is 21.7. The van der Waals surface area contributed by atoms with Gasteiger partial charge in [0.15, 0.2) is 5.90 Å². The molecule has 1 aliphatic rings. The molecule has 1 heterocycles. The summed E-state index contributed by atoms with van der Waals surface area (Å²) in [6.07, 6.45) is 4.82. The fourth-order valence-corrected chi connectivity index (χ4v) is 3.47. The number of ether oxygens (including phenoxy) is 1. The number of halogens is 2. The Kier molecular flexibility index (Phi) is 6.93. The Morgan fingerprint density at radius 2 is 1.83 bits per heavy atom. The summed E-state index contributed by atoms with van der Waals surface area (Å²) in [5.74, 6) is -0.542. The van der Waals surface area contributed by atoms with Gasteiger partial charge in [0.2, 0.25) is 0 Å². The summed E-state index contributed by atoms with van der Waals surface area (Å²) >= 11 is 0. The number of hydrogen-bond acceptors (Lipinski definition) is 3. The SMILES string of the molecule is C=C/C(=C\N=C(C)OC(C)C)c1ccc(C2CCC(c3c(F)cccc3F)=N2)cc1. The number of aliphatic imine (C=N–C) groups is 2. The van der Waals surface area contributed by atoms with Gasteiger partial charge in [-0.05, 0) is 55.5 Å². The lowest BCUT2D eigenvalue weighted by molar-refractivity contribution is 0.226. The van der Waals surface area contributed by atoms with E-state index >= 15 is 0 Å². The van der Waals surface area contributed by atoms with E-state index in [-0.39, 0.29) is 17.7 Å². The van der Waals surface area contributed by atoms with Gasteiger partial charge in [-0.2, -0.15) is 0 Å². The molecule has 0 spiro atoms. The minimum Gasteiger partial charge on any atom is -0.478 e. The lowest BCUT2D eigenvalue weighted by Crippen LogP contribution is -2.07. The minimum atomic E-state index is -0.567. The predicted molar refractivity (Wildman–Crippen MR) is 119 cm³/mol. The number of allylic oxidation sites excluding steroid dienone is 2. The van der Waals surface area contributed by atoms with Crippen LogP contribution in [0.25, 0.3) is 5.57 Å². The average molecular weight is 408 g/mol. The molecule has 0 bridgehead atoms. The highest BCUT2D eigenvalue weighted by molar-refractivity contribution is 6.02. The molecule has 2 aromatic rings. The van der Waals surface area contributed by atoms with E-state index < -0.39 is 11.6 Å². The normalized spacial score (nSPS) is 17.3. The van der Waals surface area contributed by atoms with E-state index in [2.05, 4.69) is 16.6 Å². The number of hydrogen-bond donors (Lipinski definition) is 0. The quantitative estimate of drug-likeness (QED) is 0.299. The number of rotatable bonds is 6. The second-order valence-corrected chi connectivity index (χ2v) is 7.45. The Bertz CT molecular complexity index is 984. The van der Waals surface area contributed by atoms with Crippen molar-refractivity contribution in [1.82, 2.24) is 0 Å². The molecule has 0 aliphatic carbocycles. The van der Waals surface area contributed by atoms with Gasteiger partial charge in [0.25, 0.3) is 0 Å². The zero-order valence-corrected chi connectivity index (χ0v) is 17.5. The van der Waals surface area contributed by atoms with Crippen LogP contribution < -0.4 is 0 Å². The van der Waals surface area contributed by atoms with E-state index in [9.17, 15) is 8.78 Å². The molecule has 1 atom stereocenters. The molecule has 0 radical (unpaired) electrons. The number of nitrogens with zero attached hydrogens (tertiary/aromatic N) is 2. The molecule has 0 aromatic heterocycles. The van der Waals surface area contributed by atoms with Crippen LogP contribution in [0.1, 0.15) is 56.3 Å². The van der Waals surface area contributed by atoms with E-state index in [1.807, 2.05) is 45.0 Å². The molecule has 1 unspecified atom stereocenters. The van der Waals surface area contributed by atoms with E-state index in [0.717, 1.165) is 23.1 Å². The highest BCUT2D eigenvalue weighted by Crippen LogP contribution is 2.33. The van der Waals surface area contributed by atoms with Gasteiger partial charge in [-0.15, -0.1) is 0 Å². The van der Waals surface area contributed by atoms with Crippen molar-refractivity contribution in [3.8, 4) is 0 Å². The zero-order valence-electron chi connectivity index (χ0n) is 17.5. The average Bonchev–Trinajstić information content (AvgIpc) is 3.18. The van der Waals surface area contributed by atoms with Crippen molar-refractivity contribution >= 4 is 17.2 Å². The van der Waals surface area contributed by atoms with E-state index in [0.29, 0.717) is 18.0 Å². The summed E-state index contributed by atoms with van der Waals surface area (Å²) < 4.78 is 33.6. The standard InChI is InChI=1S/C25H26F2N2O/c1-5-18(15-28-17(4)30-16(2)3)19-9-11-20(12-10-19)23-13-14-24(29-23)25-21(26)7-6-8-22(25)27/h5-12,15-16,23H,1,13-14H2,2-4H3/b18-15+,28-17?. The Hall–Kier alpha value is -3.08. The van der Waals surface area contributed by atoms with Gasteiger partial charge >= 0.3 is 0 Å². The first-order chi connectivity index (χ1) is 14.4. The van der Waals surface area contributed by atoms with Gasteiger partial charge in [-0.3, -0.25) is 4.99 Å². The monoisotopic (exact) mass is 408 g/mol. The smallest absolute Gasteiger partial charge is 0.184 e. The molecule has 2 aromatic carbocycles. The Balaban J connectivity index is 1.79. The van der Waals surface area contributed by atoms with Crippen LogP contribution in [-0.2, 0) is 4.74 Å². The molecule has 5 heteroatoms. The predicted octanol–water partition coefficient (Wildman–Crippen LogP) is 6.66. The molecule has 156 valence electrons. The third-order valence-corrected chi connectivity index (χ3v) is 4.86. The first kappa shape index (κ1) is 21.6. The van der Waals surface area contributed by atoms with Crippen molar-refractivity contribution in [2.75, 3.05) is 0 Å². The fourth-order valence-electron chi connectivity index (χ4n) is 3.47. The van der Waals surface area contributed by atoms with Crippen LogP contribution in [-0.4, -0.2) is 17.7 Å². The Labute approximate surface area is 176 Å². The van der Waals surface area contributed by atoms with Crippen molar-refractivity contribution in [3.63, 3.8) is 0 Å². The van der Waals surface area contributed by atoms with Crippen molar-refractivity contribution < 1.29 is 13.5 Å². The summed E-state index contributed by atoms with van der Waals surface area (Å²) in [6.45, 7) is 9.58. The summed E-state index contributed by atoms with van der Waals surface area (Å²) in [7, 11) is 0. The van der Waals surface area contributed by atoms with Crippen LogP contribution in [0.3, 0.4) is 0 Å². The van der Waals surface area contributed by atoms with Crippen LogP contribution in [0.5, 0.6) is 0 Å². The van der Waals surface area contributed by atoms with Gasteiger partial charge in [0, 0.05) is 18.8 Å². The van der Waals surface area contributed by atoms with Gasteiger partial charge in [0.1, 0.15) is 11.6 Å². The van der Waals surface area contributed by atoms with Crippen LogP contribution in [0.4, 0.5) is 8.78 Å². The van der Waals surface area contributed by atoms with Gasteiger partial charge in [-0.1, -0.05) is 43.0 Å². The third-order valence-electron chi connectivity index (χ3n) is 4.86. The molecule has 0 saturated carbocycles. The van der Waals surface area contributed by atoms with Crippen LogP contribution in [0.15, 0.2) is 71.3 Å². The molecule has 0 fully saturated rings. The van der Waals surface area contributed by atoms with Crippen LogP contribution >= 0.6 is 0 Å². The lowest BCUT2D eigenvalue weighted by atomic mass is 9.99. The topological polar surface area (TPSA) is 34.0 Å². The largest absolute Gasteiger partial charge is 0.478 e. The molecule has 30 heavy (non-hydrogen) atoms. The minimum absolute atomic E-state index is 0.00894. The third kappa shape index (κ3) is 5.09. The molecule has 3 nitrogen and oxygen atoms in total. The second kappa shape index (κ2) is 9.61. The van der Waals surface area contributed by atoms with E-state index in [1.165, 1.54) is 18.2 Å². The first-order valence-electron chi connectivity index (χ1n) is 10.0. The van der Waals surface area contributed by atoms with Crippen molar-refractivity contribution in [2.45, 2.75) is 45.8 Å². The summed E-state index contributed by atoms with van der Waals surface area (Å²) in [5.41, 5.74) is 3.33. The maximum atomic E-state index is 14.1. The molecule has 0 amide bonds. The number of benzene rings is 2. The summed E-state index contributed by atoms with van der Waals surface area (Å²) in [4.78, 5) is 8.94. The van der Waals surface area contributed by atoms with Crippen molar-refractivity contribution in [3.05, 3.63) is 89.6 Å². The van der Waals surface area contributed by atoms with Gasteiger partial charge in [0.05, 0.1) is 17.7 Å². The summed E-state index contributed by atoms with van der Waals surface area (Å²) in [6, 6.07) is 11.7. The fraction of sp³-hybridized carbons (Fsp3) is 0.280. The molecular formula is C25H26F2N2O. The Morgan fingerprint density at radius 3 is 2.43 bits per heavy atom. The summed E-state index contributed by atoms with van der Waals surface area (Å²) in [5, 5.41) is 0. The first-order valence-corrected chi connectivity index (χ1v) is 10.0. The molecule has 3 rings (SSSR count). The van der Waals surface area contributed by atoms with Gasteiger partial charge < -0.3 is 4.74 Å². The lowest BCUT2D eigenvalue weighted by Gasteiger charge is -2.09. The molecular weight excluding hydrogens is 382 g/mol. The van der Waals surface area contributed by atoms with Crippen molar-refractivity contribution in [2.24, 2.45) is 9.98 Å². The highest BCUT2D eigenvalue weighted by atomic mass is 19.1. The van der Waals surface area contributed by atoms with E-state index in [4.69, 9.17) is 4.74 Å². The van der Waals surface area contributed by atoms with E-state index in [1.54, 1.807) is 12.3 Å². The molecule has 0 N–H and O–H groups in total. The second-order valence-electron chi connectivity index (χ2n) is 7.45. The maximum Gasteiger partial charge on any atom is 0.184 e. The van der Waals surface area contributed by atoms with Crippen LogP contribution in [0.2, 0.25) is 0 Å².